The van der Waals surface area contributed by atoms with Crippen LogP contribution in [0.5, 0.6) is 0 Å². The molecule has 0 saturated carbocycles. The van der Waals surface area contributed by atoms with Crippen LogP contribution >= 0.6 is 27.3 Å². The number of ether oxygens (including phenoxy) is 1. The fraction of sp³-hybridized carbons (Fsp3) is 0.455. The Kier molecular flexibility index (Phi) is 3.47. The third-order valence-corrected chi connectivity index (χ3v) is 4.69. The Morgan fingerprint density at radius 3 is 3.11 bits per heavy atom. The van der Waals surface area contributed by atoms with Gasteiger partial charge in [-0.2, -0.15) is 4.98 Å². The lowest BCUT2D eigenvalue weighted by atomic mass is 10.0. The van der Waals surface area contributed by atoms with Crippen LogP contribution in [-0.4, -0.2) is 36.4 Å². The van der Waals surface area contributed by atoms with Crippen LogP contribution in [0.25, 0.3) is 10.7 Å². The van der Waals surface area contributed by atoms with Gasteiger partial charge in [0.25, 0.3) is 0 Å². The van der Waals surface area contributed by atoms with Crippen molar-refractivity contribution in [2.75, 3.05) is 20.3 Å². The van der Waals surface area contributed by atoms with E-state index >= 15 is 0 Å². The predicted molar refractivity (Wildman–Crippen MR) is 71.7 cm³/mol. The summed E-state index contributed by atoms with van der Waals surface area (Å²) in [5, 5.41) is 9.24. The van der Waals surface area contributed by atoms with E-state index in [9.17, 15) is 0 Å². The van der Waals surface area contributed by atoms with Gasteiger partial charge in [-0.15, -0.1) is 11.3 Å². The molecule has 3 heterocycles. The van der Waals surface area contributed by atoms with Gasteiger partial charge in [0, 0.05) is 15.9 Å². The summed E-state index contributed by atoms with van der Waals surface area (Å²) in [7, 11) is 1.92. The van der Waals surface area contributed by atoms with Crippen molar-refractivity contribution in [1.82, 2.24) is 15.5 Å². The molecule has 7 heteroatoms. The monoisotopic (exact) mass is 329 g/mol. The Bertz CT molecular complexity index is 542. The van der Waals surface area contributed by atoms with Gasteiger partial charge in [-0.1, -0.05) is 5.16 Å². The Morgan fingerprint density at radius 1 is 1.50 bits per heavy atom. The first kappa shape index (κ1) is 12.3. The van der Waals surface area contributed by atoms with E-state index in [1.807, 2.05) is 18.5 Å². The largest absolute Gasteiger partial charge is 0.379 e. The minimum Gasteiger partial charge on any atom is -0.379 e. The zero-order valence-electron chi connectivity index (χ0n) is 9.72. The van der Waals surface area contributed by atoms with Crippen molar-refractivity contribution >= 4 is 27.3 Å². The summed E-state index contributed by atoms with van der Waals surface area (Å²) in [6, 6.07) is 2.23. The molecular weight excluding hydrogens is 318 g/mol. The minimum absolute atomic E-state index is 0.139. The van der Waals surface area contributed by atoms with Crippen LogP contribution in [0.3, 0.4) is 0 Å². The fourth-order valence-electron chi connectivity index (χ4n) is 2.00. The van der Waals surface area contributed by atoms with Gasteiger partial charge in [-0.25, -0.2) is 0 Å². The van der Waals surface area contributed by atoms with Crippen LogP contribution < -0.4 is 5.32 Å². The van der Waals surface area contributed by atoms with Crippen molar-refractivity contribution in [1.29, 1.82) is 0 Å². The molecular formula is C11H12BrN3O2S. The molecule has 2 atom stereocenters. The summed E-state index contributed by atoms with van der Waals surface area (Å²) in [4.78, 5) is 5.46. The summed E-state index contributed by atoms with van der Waals surface area (Å²) in [5.74, 6) is 1.42. The van der Waals surface area contributed by atoms with Crippen molar-refractivity contribution in [3.63, 3.8) is 0 Å². The third-order valence-electron chi connectivity index (χ3n) is 3.00. The first-order valence-electron chi connectivity index (χ1n) is 5.61. The first-order valence-corrected chi connectivity index (χ1v) is 7.28. The van der Waals surface area contributed by atoms with Gasteiger partial charge >= 0.3 is 0 Å². The average molecular weight is 330 g/mol. The van der Waals surface area contributed by atoms with Crippen molar-refractivity contribution in [2.45, 2.75) is 12.0 Å². The molecule has 0 bridgehead atoms. The zero-order chi connectivity index (χ0) is 12.5. The van der Waals surface area contributed by atoms with Crippen molar-refractivity contribution < 1.29 is 9.26 Å². The highest BCUT2D eigenvalue weighted by Gasteiger charge is 2.33. The molecule has 96 valence electrons. The molecule has 0 spiro atoms. The molecule has 1 fully saturated rings. The molecule has 2 aromatic heterocycles. The quantitative estimate of drug-likeness (QED) is 0.935. The molecule has 3 rings (SSSR count). The number of hydrogen-bond acceptors (Lipinski definition) is 6. The molecule has 0 radical (unpaired) electrons. The predicted octanol–water partition coefficient (Wildman–Crippen LogP) is 2.26. The van der Waals surface area contributed by atoms with Crippen LogP contribution in [0.1, 0.15) is 11.8 Å². The number of nitrogens with zero attached hydrogens (tertiary/aromatic N) is 2. The molecule has 2 aromatic rings. The molecule has 2 unspecified atom stereocenters. The summed E-state index contributed by atoms with van der Waals surface area (Å²) < 4.78 is 11.8. The van der Waals surface area contributed by atoms with E-state index in [2.05, 4.69) is 31.4 Å². The summed E-state index contributed by atoms with van der Waals surface area (Å²) >= 11 is 5.00. The summed E-state index contributed by atoms with van der Waals surface area (Å²) in [6.45, 7) is 1.31. The van der Waals surface area contributed by atoms with Crippen LogP contribution in [-0.2, 0) is 4.74 Å². The van der Waals surface area contributed by atoms with E-state index in [1.165, 1.54) is 0 Å². The molecule has 18 heavy (non-hydrogen) atoms. The molecule has 1 aliphatic rings. The normalized spacial score (nSPS) is 23.7. The molecule has 0 amide bonds. The number of rotatable bonds is 3. The lowest BCUT2D eigenvalue weighted by Crippen LogP contribution is -2.31. The zero-order valence-corrected chi connectivity index (χ0v) is 12.1. The molecule has 0 aromatic carbocycles. The van der Waals surface area contributed by atoms with Crippen molar-refractivity contribution in [3.8, 4) is 10.7 Å². The minimum atomic E-state index is 0.139. The molecule has 1 saturated heterocycles. The van der Waals surface area contributed by atoms with Crippen LogP contribution in [0.4, 0.5) is 0 Å². The number of likely N-dealkylation sites (N-methyl/N-ethyl adjacent to an activating group) is 1. The topological polar surface area (TPSA) is 60.2 Å². The second-order valence-electron chi connectivity index (χ2n) is 4.12. The first-order chi connectivity index (χ1) is 8.78. The number of nitrogens with one attached hydrogen (secondary N) is 1. The van der Waals surface area contributed by atoms with Crippen LogP contribution in [0.15, 0.2) is 20.4 Å². The van der Waals surface area contributed by atoms with Crippen LogP contribution in [0.2, 0.25) is 0 Å². The van der Waals surface area contributed by atoms with Gasteiger partial charge in [0.05, 0.1) is 24.0 Å². The van der Waals surface area contributed by atoms with Crippen LogP contribution in [0, 0.1) is 0 Å². The molecule has 1 N–H and O–H groups in total. The Labute approximate surface area is 117 Å². The second-order valence-corrected chi connectivity index (χ2v) is 5.95. The van der Waals surface area contributed by atoms with E-state index in [0.29, 0.717) is 24.9 Å². The highest BCUT2D eigenvalue weighted by atomic mass is 79.9. The highest BCUT2D eigenvalue weighted by Crippen LogP contribution is 2.30. The Balaban J connectivity index is 1.85. The van der Waals surface area contributed by atoms with Gasteiger partial charge in [0.15, 0.2) is 0 Å². The van der Waals surface area contributed by atoms with Gasteiger partial charge in [0.2, 0.25) is 11.7 Å². The molecule has 5 nitrogen and oxygen atoms in total. The highest BCUT2D eigenvalue weighted by molar-refractivity contribution is 9.10. The summed E-state index contributed by atoms with van der Waals surface area (Å²) in [5.41, 5.74) is 0. The Morgan fingerprint density at radius 2 is 2.39 bits per heavy atom. The van der Waals surface area contributed by atoms with E-state index in [4.69, 9.17) is 9.26 Å². The maximum absolute atomic E-state index is 5.44. The number of hydrogen-bond donors (Lipinski definition) is 1. The molecule has 1 aliphatic heterocycles. The maximum Gasteiger partial charge on any atom is 0.234 e. The fourth-order valence-corrected chi connectivity index (χ4v) is 3.35. The van der Waals surface area contributed by atoms with Crippen molar-refractivity contribution in [3.05, 3.63) is 21.8 Å². The third kappa shape index (κ3) is 2.23. The smallest absolute Gasteiger partial charge is 0.234 e. The second kappa shape index (κ2) is 5.08. The van der Waals surface area contributed by atoms with Gasteiger partial charge in [-0.3, -0.25) is 0 Å². The van der Waals surface area contributed by atoms with Gasteiger partial charge in [0.1, 0.15) is 0 Å². The average Bonchev–Trinajstić information content (AvgIpc) is 3.07. The molecule has 0 aliphatic carbocycles. The standard InChI is InChI=1S/C11H12BrN3O2S/c1-13-8-4-16-3-7(8)11-14-10(15-17-11)9-2-6(12)5-18-9/h2,5,7-8,13H,3-4H2,1H3. The lowest BCUT2D eigenvalue weighted by molar-refractivity contribution is 0.185. The number of thiophene rings is 1. The number of aromatic nitrogens is 2. The van der Waals surface area contributed by atoms with E-state index in [-0.39, 0.29) is 12.0 Å². The number of halogens is 1. The van der Waals surface area contributed by atoms with Gasteiger partial charge in [-0.05, 0) is 29.0 Å². The maximum atomic E-state index is 5.44. The summed E-state index contributed by atoms with van der Waals surface area (Å²) in [6.07, 6.45) is 0. The SMILES string of the molecule is CNC1COCC1c1nc(-c2cc(Br)cs2)no1. The lowest BCUT2D eigenvalue weighted by Gasteiger charge is -2.11. The van der Waals surface area contributed by atoms with Gasteiger partial charge < -0.3 is 14.6 Å². The van der Waals surface area contributed by atoms with E-state index in [1.54, 1.807) is 11.3 Å². The van der Waals surface area contributed by atoms with E-state index in [0.717, 1.165) is 9.35 Å². The van der Waals surface area contributed by atoms with Crippen molar-refractivity contribution in [2.24, 2.45) is 0 Å². The Hall–Kier alpha value is -0.760. The van der Waals surface area contributed by atoms with E-state index < -0.39 is 0 Å².